The Morgan fingerprint density at radius 1 is 1.41 bits per heavy atom. The second-order valence-electron chi connectivity index (χ2n) is 3.15. The van der Waals surface area contributed by atoms with Gasteiger partial charge in [-0.25, -0.2) is 10.5 Å². The number of hydrogen-bond acceptors (Lipinski definition) is 7. The summed E-state index contributed by atoms with van der Waals surface area (Å²) in [4.78, 5) is 18.7. The highest BCUT2D eigenvalue weighted by molar-refractivity contribution is 5.92. The smallest absolute Gasteiger partial charge is 0.251 e. The molecule has 0 fully saturated rings. The van der Waals surface area contributed by atoms with Gasteiger partial charge in [-0.1, -0.05) is 0 Å². The van der Waals surface area contributed by atoms with Crippen LogP contribution in [0.15, 0.2) is 18.5 Å². The van der Waals surface area contributed by atoms with E-state index in [1.807, 2.05) is 0 Å². The van der Waals surface area contributed by atoms with Gasteiger partial charge in [-0.3, -0.25) is 4.79 Å². The van der Waals surface area contributed by atoms with Gasteiger partial charge >= 0.3 is 0 Å². The molecule has 0 aromatic carbocycles. The Morgan fingerprint density at radius 2 is 2.18 bits per heavy atom. The van der Waals surface area contributed by atoms with Gasteiger partial charge in [0.1, 0.15) is 5.82 Å². The summed E-state index contributed by atoms with van der Waals surface area (Å²) in [5.41, 5.74) is 13.2. The third-order valence-electron chi connectivity index (χ3n) is 1.98. The summed E-state index contributed by atoms with van der Waals surface area (Å²) in [6.45, 7) is 0. The number of carbonyl (C=O) groups excluding carboxylic acids is 1. The number of nitrogens with zero attached hydrogens (tertiary/aromatic N) is 4. The van der Waals surface area contributed by atoms with Gasteiger partial charge < -0.3 is 16.9 Å². The highest BCUT2D eigenvalue weighted by atomic mass is 16.1. The predicted octanol–water partition coefficient (Wildman–Crippen LogP) is -1.37. The van der Waals surface area contributed by atoms with Crippen LogP contribution in [0.4, 0.5) is 11.8 Å². The molecule has 0 aliphatic carbocycles. The fourth-order valence-electron chi connectivity index (χ4n) is 1.22. The number of primary amides is 1. The minimum absolute atomic E-state index is 0.0339. The van der Waals surface area contributed by atoms with Crippen molar-refractivity contribution >= 4 is 17.7 Å². The summed E-state index contributed by atoms with van der Waals surface area (Å²) >= 11 is 0. The molecule has 88 valence electrons. The molecule has 0 aliphatic rings. The van der Waals surface area contributed by atoms with E-state index in [-0.39, 0.29) is 11.5 Å². The highest BCUT2D eigenvalue weighted by Crippen LogP contribution is 2.11. The van der Waals surface area contributed by atoms with Crippen LogP contribution >= 0.6 is 0 Å². The standard InChI is InChI=1S/C8H10N8O/c9-7(17)4-2-12-16(3-4)6-1-5(15-11)13-8(10)14-6/h1-3H,11H2,(H2,9,17)(H3,10,13,14,15). The average molecular weight is 234 g/mol. The summed E-state index contributed by atoms with van der Waals surface area (Å²) in [6, 6.07) is 1.52. The third-order valence-corrected chi connectivity index (χ3v) is 1.98. The van der Waals surface area contributed by atoms with E-state index in [2.05, 4.69) is 20.5 Å². The molecule has 0 unspecified atom stereocenters. The predicted molar refractivity (Wildman–Crippen MR) is 59.9 cm³/mol. The molecule has 0 radical (unpaired) electrons. The summed E-state index contributed by atoms with van der Waals surface area (Å²) in [7, 11) is 0. The van der Waals surface area contributed by atoms with E-state index in [0.29, 0.717) is 11.6 Å². The first-order chi connectivity index (χ1) is 8.10. The maximum absolute atomic E-state index is 10.9. The van der Waals surface area contributed by atoms with E-state index in [0.717, 1.165) is 0 Å². The molecule has 0 saturated heterocycles. The zero-order valence-electron chi connectivity index (χ0n) is 8.66. The maximum Gasteiger partial charge on any atom is 0.251 e. The number of carbonyl (C=O) groups is 1. The highest BCUT2D eigenvalue weighted by Gasteiger charge is 2.08. The van der Waals surface area contributed by atoms with Crippen molar-refractivity contribution in [3.63, 3.8) is 0 Å². The van der Waals surface area contributed by atoms with Crippen LogP contribution in [0.5, 0.6) is 0 Å². The summed E-state index contributed by atoms with van der Waals surface area (Å²) in [6.07, 6.45) is 2.76. The molecule has 2 rings (SSSR count). The molecule has 9 heteroatoms. The SMILES string of the molecule is NNc1cc(-n2cc(C(N)=O)cn2)nc(N)n1. The second kappa shape index (κ2) is 4.06. The van der Waals surface area contributed by atoms with Crippen LogP contribution in [-0.2, 0) is 0 Å². The van der Waals surface area contributed by atoms with Crippen LogP contribution in [0.3, 0.4) is 0 Å². The number of amides is 1. The van der Waals surface area contributed by atoms with Crippen molar-refractivity contribution in [2.24, 2.45) is 11.6 Å². The van der Waals surface area contributed by atoms with Gasteiger partial charge in [0.25, 0.3) is 5.91 Å². The van der Waals surface area contributed by atoms with Crippen molar-refractivity contribution in [3.8, 4) is 5.82 Å². The number of aromatic nitrogens is 4. The lowest BCUT2D eigenvalue weighted by Crippen LogP contribution is -2.12. The van der Waals surface area contributed by atoms with Crippen LogP contribution in [0.1, 0.15) is 10.4 Å². The van der Waals surface area contributed by atoms with Gasteiger partial charge in [0.05, 0.1) is 11.8 Å². The molecular formula is C8H10N8O. The molecule has 2 aromatic rings. The van der Waals surface area contributed by atoms with Crippen LogP contribution in [0.2, 0.25) is 0 Å². The Morgan fingerprint density at radius 3 is 2.76 bits per heavy atom. The molecule has 0 atom stereocenters. The molecule has 9 nitrogen and oxygen atoms in total. The number of nitrogens with one attached hydrogen (secondary N) is 1. The van der Waals surface area contributed by atoms with Gasteiger partial charge in [-0.05, 0) is 0 Å². The zero-order valence-corrected chi connectivity index (χ0v) is 8.66. The molecule has 0 aliphatic heterocycles. The van der Waals surface area contributed by atoms with Crippen molar-refractivity contribution < 1.29 is 4.79 Å². The normalized spacial score (nSPS) is 10.2. The zero-order chi connectivity index (χ0) is 12.4. The molecular weight excluding hydrogens is 224 g/mol. The molecule has 1 amide bonds. The van der Waals surface area contributed by atoms with Crippen molar-refractivity contribution in [2.75, 3.05) is 11.2 Å². The van der Waals surface area contributed by atoms with Crippen LogP contribution in [0.25, 0.3) is 5.82 Å². The van der Waals surface area contributed by atoms with E-state index >= 15 is 0 Å². The molecule has 7 N–H and O–H groups in total. The molecule has 0 spiro atoms. The number of rotatable bonds is 3. The first-order valence-corrected chi connectivity index (χ1v) is 4.56. The Labute approximate surface area is 95.6 Å². The maximum atomic E-state index is 10.9. The van der Waals surface area contributed by atoms with Crippen molar-refractivity contribution in [2.45, 2.75) is 0 Å². The van der Waals surface area contributed by atoms with E-state index < -0.39 is 5.91 Å². The number of hydrazine groups is 1. The van der Waals surface area contributed by atoms with Gasteiger partial charge in [-0.2, -0.15) is 15.1 Å². The number of nitrogen functional groups attached to an aromatic ring is 2. The second-order valence-corrected chi connectivity index (χ2v) is 3.15. The fraction of sp³-hybridized carbons (Fsp3) is 0. The number of hydrogen-bond donors (Lipinski definition) is 4. The fourth-order valence-corrected chi connectivity index (χ4v) is 1.22. The van der Waals surface area contributed by atoms with E-state index in [9.17, 15) is 4.79 Å². The summed E-state index contributed by atoms with van der Waals surface area (Å²) < 4.78 is 1.35. The van der Waals surface area contributed by atoms with Crippen LogP contribution in [-0.4, -0.2) is 25.7 Å². The lowest BCUT2D eigenvalue weighted by Gasteiger charge is -2.04. The van der Waals surface area contributed by atoms with Gasteiger partial charge in [-0.15, -0.1) is 0 Å². The van der Waals surface area contributed by atoms with Gasteiger partial charge in [0, 0.05) is 12.3 Å². The number of anilines is 2. The minimum atomic E-state index is -0.574. The Balaban J connectivity index is 2.44. The Hall–Kier alpha value is -2.68. The third kappa shape index (κ3) is 2.13. The summed E-state index contributed by atoms with van der Waals surface area (Å²) in [5.74, 6) is 5.39. The van der Waals surface area contributed by atoms with Crippen LogP contribution < -0.4 is 22.7 Å². The molecule has 0 bridgehead atoms. The lowest BCUT2D eigenvalue weighted by atomic mass is 10.3. The van der Waals surface area contributed by atoms with Crippen molar-refractivity contribution in [1.29, 1.82) is 0 Å². The van der Waals surface area contributed by atoms with E-state index in [1.54, 1.807) is 0 Å². The first kappa shape index (κ1) is 10.8. The molecule has 2 heterocycles. The molecule has 0 saturated carbocycles. The monoisotopic (exact) mass is 234 g/mol. The van der Waals surface area contributed by atoms with Crippen molar-refractivity contribution in [3.05, 3.63) is 24.0 Å². The minimum Gasteiger partial charge on any atom is -0.368 e. The summed E-state index contributed by atoms with van der Waals surface area (Å²) in [5, 5.41) is 3.93. The van der Waals surface area contributed by atoms with Gasteiger partial charge in [0.2, 0.25) is 5.95 Å². The van der Waals surface area contributed by atoms with Crippen LogP contribution in [0, 0.1) is 0 Å². The Kier molecular flexibility index (Phi) is 2.58. The lowest BCUT2D eigenvalue weighted by molar-refractivity contribution is 0.100. The largest absolute Gasteiger partial charge is 0.368 e. The average Bonchev–Trinajstić information content (AvgIpc) is 2.77. The Bertz CT molecular complexity index is 562. The van der Waals surface area contributed by atoms with Gasteiger partial charge in [0.15, 0.2) is 5.82 Å². The van der Waals surface area contributed by atoms with E-state index in [4.69, 9.17) is 17.3 Å². The first-order valence-electron chi connectivity index (χ1n) is 4.56. The quantitative estimate of drug-likeness (QED) is 0.377. The molecule has 17 heavy (non-hydrogen) atoms. The van der Waals surface area contributed by atoms with E-state index in [1.165, 1.54) is 23.1 Å². The number of nitrogens with two attached hydrogens (primary N) is 3. The van der Waals surface area contributed by atoms with Crippen molar-refractivity contribution in [1.82, 2.24) is 19.7 Å². The molecule has 2 aromatic heterocycles. The topological polar surface area (TPSA) is 151 Å².